The van der Waals surface area contributed by atoms with Gasteiger partial charge in [0.1, 0.15) is 11.9 Å². The number of nitrogens with one attached hydrogen (secondary N) is 1. The molecule has 246 valence electrons. The van der Waals surface area contributed by atoms with Gasteiger partial charge in [-0.1, -0.05) is 67.6 Å². The second-order valence-corrected chi connectivity index (χ2v) is 14.0. The Hall–Kier alpha value is -2.39. The number of amides is 2. The number of carboxylic acid groups (broad SMARTS) is 1. The van der Waals surface area contributed by atoms with E-state index in [1.165, 1.54) is 12.5 Å². The molecule has 7 nitrogen and oxygen atoms in total. The number of carboxylic acids is 1. The van der Waals surface area contributed by atoms with E-state index in [1.807, 2.05) is 17.0 Å². The van der Waals surface area contributed by atoms with Crippen LogP contribution in [0.3, 0.4) is 0 Å². The minimum Gasteiger partial charge on any atom is -0.480 e. The van der Waals surface area contributed by atoms with Gasteiger partial charge in [0.25, 0.3) is 0 Å². The van der Waals surface area contributed by atoms with Crippen molar-refractivity contribution < 1.29 is 19.1 Å². The number of piperidine rings is 1. The highest BCUT2D eigenvalue weighted by Crippen LogP contribution is 2.39. The quantitative estimate of drug-likeness (QED) is 0.265. The molecule has 0 spiro atoms. The van der Waals surface area contributed by atoms with E-state index in [2.05, 4.69) is 22.0 Å². The van der Waals surface area contributed by atoms with Crippen molar-refractivity contribution in [2.45, 2.75) is 82.8 Å². The van der Waals surface area contributed by atoms with Crippen molar-refractivity contribution in [3.63, 3.8) is 0 Å². The van der Waals surface area contributed by atoms with Crippen LogP contribution in [-0.4, -0.2) is 83.2 Å². The van der Waals surface area contributed by atoms with E-state index in [0.29, 0.717) is 36.2 Å². The van der Waals surface area contributed by atoms with Gasteiger partial charge in [-0.25, -0.2) is 9.18 Å². The molecule has 0 unspecified atom stereocenters. The second-order valence-electron chi connectivity index (χ2n) is 13.2. The summed E-state index contributed by atoms with van der Waals surface area (Å²) >= 11 is 12.2. The molecule has 2 amide bonds. The molecule has 2 aromatic carbocycles. The molecule has 1 aliphatic carbocycles. The van der Waals surface area contributed by atoms with Crippen molar-refractivity contribution in [3.8, 4) is 0 Å². The van der Waals surface area contributed by atoms with E-state index in [-0.39, 0.29) is 35.6 Å². The normalized spacial score (nSPS) is 22.8. The fourth-order valence-corrected chi connectivity index (χ4v) is 8.22. The third kappa shape index (κ3) is 8.70. The molecule has 2 N–H and O–H groups in total. The lowest BCUT2D eigenvalue weighted by Crippen LogP contribution is -2.51. The van der Waals surface area contributed by atoms with Crippen LogP contribution in [0.25, 0.3) is 0 Å². The molecule has 3 atom stereocenters. The van der Waals surface area contributed by atoms with Crippen LogP contribution in [0.15, 0.2) is 42.5 Å². The maximum Gasteiger partial charge on any atom is 0.321 e. The average molecular weight is 662 g/mol. The van der Waals surface area contributed by atoms with Gasteiger partial charge in [-0.3, -0.25) is 9.69 Å². The third-order valence-electron chi connectivity index (χ3n) is 10.1. The van der Waals surface area contributed by atoms with Crippen LogP contribution in [0.1, 0.15) is 75.3 Å². The van der Waals surface area contributed by atoms with E-state index in [1.54, 1.807) is 24.3 Å². The summed E-state index contributed by atoms with van der Waals surface area (Å²) < 4.78 is 14.3. The zero-order valence-electron chi connectivity index (χ0n) is 26.3. The van der Waals surface area contributed by atoms with Crippen LogP contribution < -0.4 is 5.32 Å². The van der Waals surface area contributed by atoms with Gasteiger partial charge >= 0.3 is 12.0 Å². The number of aliphatic carboxylic acids is 1. The molecule has 1 saturated carbocycles. The standard InChI is InChI=1S/C35H47Cl2FN4O3/c1-2-15-42(35(45)39-20-24-11-12-31(36)32(37)18-24)29-13-16-40(17-14-29)21-27-22-41(23-30(27)26-9-6-10-28(38)19-26)33(34(43)44)25-7-4-3-5-8-25/h6,9-12,18-19,25,27,29-30,33H,2-5,7-8,13-17,20-23H2,1H3,(H,39,45)(H,43,44)/t27-,30+,33+/m0/s1. The number of benzene rings is 2. The lowest BCUT2D eigenvalue weighted by molar-refractivity contribution is -0.145. The monoisotopic (exact) mass is 660 g/mol. The number of rotatable bonds is 11. The Bertz CT molecular complexity index is 1300. The molecule has 5 rings (SSSR count). The first-order chi connectivity index (χ1) is 21.7. The average Bonchev–Trinajstić information content (AvgIpc) is 3.44. The molecular weight excluding hydrogens is 614 g/mol. The number of urea groups is 1. The molecule has 0 bridgehead atoms. The molecular formula is C35H47Cl2FN4O3. The first-order valence-corrected chi connectivity index (χ1v) is 17.4. The zero-order valence-corrected chi connectivity index (χ0v) is 27.8. The molecule has 2 saturated heterocycles. The third-order valence-corrected chi connectivity index (χ3v) is 10.9. The number of hydrogen-bond acceptors (Lipinski definition) is 4. The van der Waals surface area contributed by atoms with E-state index in [0.717, 1.165) is 75.7 Å². The Morgan fingerprint density at radius 3 is 2.44 bits per heavy atom. The smallest absolute Gasteiger partial charge is 0.321 e. The van der Waals surface area contributed by atoms with E-state index >= 15 is 0 Å². The first kappa shape index (κ1) is 34.0. The summed E-state index contributed by atoms with van der Waals surface area (Å²) in [4.78, 5) is 32.5. The molecule has 0 aromatic heterocycles. The van der Waals surface area contributed by atoms with Gasteiger partial charge in [-0.2, -0.15) is 0 Å². The van der Waals surface area contributed by atoms with Gasteiger partial charge in [0.15, 0.2) is 0 Å². The topological polar surface area (TPSA) is 76.1 Å². The largest absolute Gasteiger partial charge is 0.480 e. The Balaban J connectivity index is 1.22. The Morgan fingerprint density at radius 2 is 1.78 bits per heavy atom. The van der Waals surface area contributed by atoms with Gasteiger partial charge in [-0.05, 0) is 79.3 Å². The Labute approximate surface area is 277 Å². The molecule has 0 radical (unpaired) electrons. The Kier molecular flexibility index (Phi) is 12.0. The minimum atomic E-state index is -0.727. The Morgan fingerprint density at radius 1 is 1.02 bits per heavy atom. The summed E-state index contributed by atoms with van der Waals surface area (Å²) in [7, 11) is 0. The molecule has 2 aromatic rings. The summed E-state index contributed by atoms with van der Waals surface area (Å²) in [6.07, 6.45) is 7.92. The lowest BCUT2D eigenvalue weighted by atomic mass is 9.83. The first-order valence-electron chi connectivity index (χ1n) is 16.7. The number of likely N-dealkylation sites (tertiary alicyclic amines) is 2. The molecule has 3 fully saturated rings. The fourth-order valence-electron chi connectivity index (χ4n) is 7.90. The lowest BCUT2D eigenvalue weighted by Gasteiger charge is -2.39. The van der Waals surface area contributed by atoms with Gasteiger partial charge < -0.3 is 20.2 Å². The minimum absolute atomic E-state index is 0.0681. The number of nitrogens with zero attached hydrogens (tertiary/aromatic N) is 3. The molecule has 45 heavy (non-hydrogen) atoms. The predicted octanol–water partition coefficient (Wildman–Crippen LogP) is 7.27. The van der Waals surface area contributed by atoms with Crippen molar-refractivity contribution in [2.75, 3.05) is 39.3 Å². The molecule has 3 aliphatic rings. The van der Waals surface area contributed by atoms with Crippen molar-refractivity contribution in [2.24, 2.45) is 11.8 Å². The van der Waals surface area contributed by atoms with Crippen LogP contribution in [-0.2, 0) is 11.3 Å². The van der Waals surface area contributed by atoms with Crippen LogP contribution in [0.4, 0.5) is 9.18 Å². The van der Waals surface area contributed by atoms with Gasteiger partial charge in [0.2, 0.25) is 0 Å². The zero-order chi connectivity index (χ0) is 31.9. The van der Waals surface area contributed by atoms with Gasteiger partial charge in [-0.15, -0.1) is 0 Å². The number of carbonyl (C=O) groups excluding carboxylic acids is 1. The predicted molar refractivity (Wildman–Crippen MR) is 177 cm³/mol. The number of halogens is 3. The van der Waals surface area contributed by atoms with Crippen LogP contribution >= 0.6 is 23.2 Å². The summed E-state index contributed by atoms with van der Waals surface area (Å²) in [5.74, 6) is -0.523. The summed E-state index contributed by atoms with van der Waals surface area (Å²) in [6.45, 7) is 7.06. The summed E-state index contributed by atoms with van der Waals surface area (Å²) in [5.41, 5.74) is 1.86. The van der Waals surface area contributed by atoms with Gasteiger partial charge in [0, 0.05) is 57.8 Å². The van der Waals surface area contributed by atoms with Crippen LogP contribution in [0.5, 0.6) is 0 Å². The van der Waals surface area contributed by atoms with Crippen LogP contribution in [0.2, 0.25) is 10.0 Å². The number of hydrogen-bond donors (Lipinski definition) is 2. The maximum atomic E-state index is 14.3. The van der Waals surface area contributed by atoms with Crippen molar-refractivity contribution in [3.05, 3.63) is 69.5 Å². The highest BCUT2D eigenvalue weighted by molar-refractivity contribution is 6.42. The second kappa shape index (κ2) is 15.9. The highest BCUT2D eigenvalue weighted by Gasteiger charge is 2.43. The SMILES string of the molecule is CCCN(C(=O)NCc1ccc(Cl)c(Cl)c1)C1CCN(C[C@H]2CN([C@@H](C(=O)O)C3CCCCC3)C[C@@H]2c2cccc(F)c2)CC1. The van der Waals surface area contributed by atoms with E-state index < -0.39 is 12.0 Å². The summed E-state index contributed by atoms with van der Waals surface area (Å²) in [6, 6.07) is 11.8. The maximum absolute atomic E-state index is 14.3. The van der Waals surface area contributed by atoms with Crippen molar-refractivity contribution in [1.82, 2.24) is 20.0 Å². The molecule has 2 aliphatic heterocycles. The van der Waals surface area contributed by atoms with Crippen molar-refractivity contribution >= 4 is 35.2 Å². The highest BCUT2D eigenvalue weighted by atomic mass is 35.5. The van der Waals surface area contributed by atoms with E-state index in [4.69, 9.17) is 23.2 Å². The van der Waals surface area contributed by atoms with E-state index in [9.17, 15) is 19.1 Å². The van der Waals surface area contributed by atoms with Crippen LogP contribution in [0, 0.1) is 17.7 Å². The van der Waals surface area contributed by atoms with Crippen molar-refractivity contribution in [1.29, 1.82) is 0 Å². The molecule has 2 heterocycles. The molecule has 10 heteroatoms. The fraction of sp³-hybridized carbons (Fsp3) is 0.600. The summed E-state index contributed by atoms with van der Waals surface area (Å²) in [5, 5.41) is 14.4. The van der Waals surface area contributed by atoms with Gasteiger partial charge in [0.05, 0.1) is 10.0 Å². The number of carbonyl (C=O) groups is 2.